The van der Waals surface area contributed by atoms with Gasteiger partial charge in [0.15, 0.2) is 11.5 Å². The molecular formula is C17H23NO3. The number of methoxy groups -OCH3 is 2. The molecule has 0 spiro atoms. The number of hydrogen-bond acceptors (Lipinski definition) is 4. The van der Waals surface area contributed by atoms with Crippen LogP contribution in [0.3, 0.4) is 0 Å². The van der Waals surface area contributed by atoms with Gasteiger partial charge in [0.2, 0.25) is 0 Å². The molecule has 0 bridgehead atoms. The van der Waals surface area contributed by atoms with Gasteiger partial charge in [-0.25, -0.2) is 0 Å². The molecule has 1 aromatic carbocycles. The average molecular weight is 289 g/mol. The molecule has 0 amide bonds. The van der Waals surface area contributed by atoms with Gasteiger partial charge in [-0.15, -0.1) is 0 Å². The first kappa shape index (κ1) is 14.4. The van der Waals surface area contributed by atoms with E-state index in [-0.39, 0.29) is 12.0 Å². The summed E-state index contributed by atoms with van der Waals surface area (Å²) in [4.78, 5) is 14.5. The Bertz CT molecular complexity index is 555. The molecule has 1 aromatic rings. The molecule has 2 heterocycles. The molecule has 1 saturated heterocycles. The fraction of sp³-hybridized carbons (Fsp3) is 0.588. The predicted octanol–water partition coefficient (Wildman–Crippen LogP) is 2.60. The number of ketones is 1. The lowest BCUT2D eigenvalue weighted by atomic mass is 9.78. The number of ether oxygens (including phenoxy) is 2. The summed E-state index contributed by atoms with van der Waals surface area (Å²) in [5.74, 6) is 1.94. The van der Waals surface area contributed by atoms with Gasteiger partial charge >= 0.3 is 0 Å². The van der Waals surface area contributed by atoms with E-state index in [0.29, 0.717) is 5.78 Å². The summed E-state index contributed by atoms with van der Waals surface area (Å²) in [5, 5.41) is 0. The number of benzene rings is 1. The maximum atomic E-state index is 12.1. The van der Waals surface area contributed by atoms with Gasteiger partial charge < -0.3 is 9.47 Å². The molecule has 4 nitrogen and oxygen atoms in total. The Morgan fingerprint density at radius 3 is 2.57 bits per heavy atom. The normalized spacial score (nSPS) is 24.9. The van der Waals surface area contributed by atoms with Crippen molar-refractivity contribution < 1.29 is 14.3 Å². The van der Waals surface area contributed by atoms with Crippen molar-refractivity contribution in [3.63, 3.8) is 0 Å². The van der Waals surface area contributed by atoms with Crippen LogP contribution in [0.25, 0.3) is 0 Å². The first-order chi connectivity index (χ1) is 10.2. The quantitative estimate of drug-likeness (QED) is 0.857. The Morgan fingerprint density at radius 2 is 1.90 bits per heavy atom. The highest BCUT2D eigenvalue weighted by Gasteiger charge is 2.39. The van der Waals surface area contributed by atoms with Gasteiger partial charge in [0.1, 0.15) is 5.78 Å². The first-order valence-electron chi connectivity index (χ1n) is 7.65. The van der Waals surface area contributed by atoms with Crippen molar-refractivity contribution >= 4 is 5.78 Å². The van der Waals surface area contributed by atoms with Crippen LogP contribution in [0.2, 0.25) is 0 Å². The molecule has 3 rings (SSSR count). The van der Waals surface area contributed by atoms with E-state index in [2.05, 4.69) is 17.0 Å². The van der Waals surface area contributed by atoms with Crippen LogP contribution in [0.5, 0.6) is 11.5 Å². The summed E-state index contributed by atoms with van der Waals surface area (Å²) in [7, 11) is 3.33. The van der Waals surface area contributed by atoms with E-state index in [4.69, 9.17) is 9.47 Å². The second kappa shape index (κ2) is 5.68. The van der Waals surface area contributed by atoms with Gasteiger partial charge in [-0.2, -0.15) is 0 Å². The standard InChI is InChI=1S/C17H23NO3/c1-11(19)13-5-4-7-18-8-6-12-9-15(20-2)16(21-3)10-14(12)17(13)18/h9-10,13,17H,4-8H2,1-3H3/t13-,17+/m1/s1. The van der Waals surface area contributed by atoms with Crippen LogP contribution in [0.15, 0.2) is 12.1 Å². The number of piperidine rings is 1. The topological polar surface area (TPSA) is 38.8 Å². The predicted molar refractivity (Wildman–Crippen MR) is 81.0 cm³/mol. The van der Waals surface area contributed by atoms with Crippen molar-refractivity contribution in [1.82, 2.24) is 4.90 Å². The minimum atomic E-state index is 0.107. The van der Waals surface area contributed by atoms with Crippen molar-refractivity contribution in [3.8, 4) is 11.5 Å². The summed E-state index contributed by atoms with van der Waals surface area (Å²) < 4.78 is 10.9. The fourth-order valence-corrected chi connectivity index (χ4v) is 3.85. The number of nitrogens with zero attached hydrogens (tertiary/aromatic N) is 1. The van der Waals surface area contributed by atoms with Crippen LogP contribution in [0, 0.1) is 5.92 Å². The highest BCUT2D eigenvalue weighted by molar-refractivity contribution is 5.79. The molecule has 2 aliphatic rings. The molecule has 0 unspecified atom stereocenters. The summed E-state index contributed by atoms with van der Waals surface area (Å²) in [5.41, 5.74) is 2.54. The van der Waals surface area contributed by atoms with Crippen molar-refractivity contribution in [2.75, 3.05) is 27.3 Å². The molecule has 0 saturated carbocycles. The Balaban J connectivity index is 2.07. The first-order valence-corrected chi connectivity index (χ1v) is 7.65. The van der Waals surface area contributed by atoms with Gasteiger partial charge in [0, 0.05) is 18.5 Å². The third-order valence-electron chi connectivity index (χ3n) is 4.89. The summed E-state index contributed by atoms with van der Waals surface area (Å²) >= 11 is 0. The molecule has 0 aliphatic carbocycles. The molecule has 21 heavy (non-hydrogen) atoms. The Morgan fingerprint density at radius 1 is 1.19 bits per heavy atom. The number of hydrogen-bond donors (Lipinski definition) is 0. The van der Waals surface area contributed by atoms with Crippen LogP contribution in [-0.4, -0.2) is 38.0 Å². The molecule has 4 heteroatoms. The minimum absolute atomic E-state index is 0.107. The lowest BCUT2D eigenvalue weighted by molar-refractivity contribution is -0.124. The summed E-state index contributed by atoms with van der Waals surface area (Å²) in [6, 6.07) is 4.36. The number of carbonyl (C=O) groups excluding carboxylic acids is 1. The molecule has 0 radical (unpaired) electrons. The van der Waals surface area contributed by atoms with E-state index >= 15 is 0 Å². The van der Waals surface area contributed by atoms with E-state index in [1.807, 2.05) is 0 Å². The molecular weight excluding hydrogens is 266 g/mol. The van der Waals surface area contributed by atoms with E-state index in [1.54, 1.807) is 21.1 Å². The Hall–Kier alpha value is -1.55. The van der Waals surface area contributed by atoms with Crippen molar-refractivity contribution in [2.24, 2.45) is 5.92 Å². The maximum Gasteiger partial charge on any atom is 0.161 e. The Labute approximate surface area is 126 Å². The SMILES string of the molecule is COc1cc2c(cc1OC)[C@@H]1[C@@H](C(C)=O)CCCN1CC2. The monoisotopic (exact) mass is 289 g/mol. The van der Waals surface area contributed by atoms with Gasteiger partial charge in [-0.1, -0.05) is 0 Å². The molecule has 0 aromatic heterocycles. The molecule has 2 atom stereocenters. The smallest absolute Gasteiger partial charge is 0.161 e. The van der Waals surface area contributed by atoms with Crippen LogP contribution < -0.4 is 9.47 Å². The van der Waals surface area contributed by atoms with Crippen LogP contribution in [0.1, 0.15) is 36.9 Å². The molecule has 2 aliphatic heterocycles. The highest BCUT2D eigenvalue weighted by Crippen LogP contribution is 2.44. The second-order valence-corrected chi connectivity index (χ2v) is 6.00. The number of rotatable bonds is 3. The largest absolute Gasteiger partial charge is 0.493 e. The van der Waals surface area contributed by atoms with Crippen molar-refractivity contribution in [2.45, 2.75) is 32.2 Å². The summed E-state index contributed by atoms with van der Waals surface area (Å²) in [6.45, 7) is 3.84. The van der Waals surface area contributed by atoms with Gasteiger partial charge in [0.05, 0.1) is 14.2 Å². The minimum Gasteiger partial charge on any atom is -0.493 e. The van der Waals surface area contributed by atoms with Crippen molar-refractivity contribution in [3.05, 3.63) is 23.3 Å². The third-order valence-corrected chi connectivity index (χ3v) is 4.89. The number of Topliss-reactive ketones (excluding diaryl/α,β-unsaturated/α-hetero) is 1. The number of fused-ring (bicyclic) bond motifs is 3. The molecule has 114 valence electrons. The van der Waals surface area contributed by atoms with Crippen molar-refractivity contribution in [1.29, 1.82) is 0 Å². The van der Waals surface area contributed by atoms with E-state index in [9.17, 15) is 4.79 Å². The lowest BCUT2D eigenvalue weighted by Crippen LogP contribution is -2.45. The van der Waals surface area contributed by atoms with Crippen LogP contribution in [0.4, 0.5) is 0 Å². The zero-order valence-corrected chi connectivity index (χ0v) is 13.0. The van der Waals surface area contributed by atoms with Gasteiger partial charge in [-0.05, 0) is 56.0 Å². The number of carbonyl (C=O) groups is 1. The summed E-state index contributed by atoms with van der Waals surface area (Å²) in [6.07, 6.45) is 3.12. The lowest BCUT2D eigenvalue weighted by Gasteiger charge is -2.44. The fourth-order valence-electron chi connectivity index (χ4n) is 3.85. The maximum absolute atomic E-state index is 12.1. The average Bonchev–Trinajstić information content (AvgIpc) is 2.52. The molecule has 1 fully saturated rings. The zero-order valence-electron chi connectivity index (χ0n) is 13.0. The van der Waals surface area contributed by atoms with E-state index in [0.717, 1.165) is 43.9 Å². The Kier molecular flexibility index (Phi) is 3.89. The van der Waals surface area contributed by atoms with Crippen LogP contribution in [-0.2, 0) is 11.2 Å². The zero-order chi connectivity index (χ0) is 15.0. The van der Waals surface area contributed by atoms with E-state index < -0.39 is 0 Å². The van der Waals surface area contributed by atoms with Gasteiger partial charge in [0.25, 0.3) is 0 Å². The van der Waals surface area contributed by atoms with Gasteiger partial charge in [-0.3, -0.25) is 9.69 Å². The second-order valence-electron chi connectivity index (χ2n) is 6.00. The van der Waals surface area contributed by atoms with E-state index in [1.165, 1.54) is 11.1 Å². The third kappa shape index (κ3) is 2.42. The molecule has 0 N–H and O–H groups in total. The van der Waals surface area contributed by atoms with Crippen LogP contribution >= 0.6 is 0 Å². The highest BCUT2D eigenvalue weighted by atomic mass is 16.5.